The van der Waals surface area contributed by atoms with Crippen molar-refractivity contribution >= 4 is 11.8 Å². The molecule has 0 fully saturated rings. The maximum atomic E-state index is 12.7. The van der Waals surface area contributed by atoms with Crippen molar-refractivity contribution in [2.45, 2.75) is 11.1 Å². The average molecular weight is 274 g/mol. The number of rotatable bonds is 2. The number of thioether (sulfide) groups is 1. The van der Waals surface area contributed by atoms with E-state index in [1.54, 1.807) is 30.3 Å². The highest BCUT2D eigenvalue weighted by Crippen LogP contribution is 2.33. The monoisotopic (exact) mass is 274 g/mol. The summed E-state index contributed by atoms with van der Waals surface area (Å²) in [6.07, 6.45) is -3.13. The summed E-state index contributed by atoms with van der Waals surface area (Å²) in [5.74, 6) is 0. The standard InChI is InChI=1S/C11H9F3N2OS/c1-18-8-9(11(12,13)14)15-16(10(8)17)7-5-3-2-4-6-7/h2-6,15H,1H3. The van der Waals surface area contributed by atoms with Gasteiger partial charge in [-0.15, -0.1) is 11.8 Å². The first-order chi connectivity index (χ1) is 8.45. The van der Waals surface area contributed by atoms with E-state index >= 15 is 0 Å². The minimum absolute atomic E-state index is 0.327. The van der Waals surface area contributed by atoms with Crippen molar-refractivity contribution in [2.75, 3.05) is 6.26 Å². The molecule has 0 amide bonds. The topological polar surface area (TPSA) is 37.8 Å². The summed E-state index contributed by atoms with van der Waals surface area (Å²) in [4.78, 5) is 11.6. The summed E-state index contributed by atoms with van der Waals surface area (Å²) >= 11 is 0.780. The zero-order valence-electron chi connectivity index (χ0n) is 9.28. The Morgan fingerprint density at radius 1 is 1.22 bits per heavy atom. The lowest BCUT2D eigenvalue weighted by Crippen LogP contribution is -2.15. The highest BCUT2D eigenvalue weighted by Gasteiger charge is 2.37. The van der Waals surface area contributed by atoms with Gasteiger partial charge in [-0.2, -0.15) is 13.2 Å². The van der Waals surface area contributed by atoms with E-state index in [1.807, 2.05) is 0 Å². The molecule has 1 aromatic heterocycles. The molecule has 0 aliphatic rings. The number of halogens is 3. The molecule has 0 aliphatic carbocycles. The molecule has 1 heterocycles. The van der Waals surface area contributed by atoms with Gasteiger partial charge in [0.25, 0.3) is 5.56 Å². The Balaban J connectivity index is 2.66. The lowest BCUT2D eigenvalue weighted by molar-refractivity contribution is -0.143. The molecule has 0 radical (unpaired) electrons. The second-order valence-corrected chi connectivity index (χ2v) is 4.31. The Kier molecular flexibility index (Phi) is 3.25. The van der Waals surface area contributed by atoms with Crippen molar-refractivity contribution in [2.24, 2.45) is 0 Å². The van der Waals surface area contributed by atoms with Gasteiger partial charge >= 0.3 is 6.18 Å². The Labute approximate surface area is 105 Å². The minimum Gasteiger partial charge on any atom is -0.285 e. The van der Waals surface area contributed by atoms with E-state index < -0.39 is 17.4 Å². The van der Waals surface area contributed by atoms with Crippen molar-refractivity contribution < 1.29 is 13.2 Å². The SMILES string of the molecule is CSc1c(C(F)(F)F)[nH]n(-c2ccccc2)c1=O. The van der Waals surface area contributed by atoms with Crippen LogP contribution < -0.4 is 5.56 Å². The quantitative estimate of drug-likeness (QED) is 0.855. The summed E-state index contributed by atoms with van der Waals surface area (Å²) in [5.41, 5.74) is -1.34. The summed E-state index contributed by atoms with van der Waals surface area (Å²) in [5, 5.41) is 2.12. The van der Waals surface area contributed by atoms with Gasteiger partial charge in [0, 0.05) is 0 Å². The molecule has 96 valence electrons. The van der Waals surface area contributed by atoms with Gasteiger partial charge in [0.2, 0.25) is 0 Å². The van der Waals surface area contributed by atoms with Crippen LogP contribution >= 0.6 is 11.8 Å². The zero-order valence-corrected chi connectivity index (χ0v) is 10.1. The number of aromatic amines is 1. The molecular weight excluding hydrogens is 265 g/mol. The average Bonchev–Trinajstić information content (AvgIpc) is 2.67. The first-order valence-corrected chi connectivity index (χ1v) is 6.19. The summed E-state index contributed by atoms with van der Waals surface area (Å²) in [6.45, 7) is 0. The van der Waals surface area contributed by atoms with E-state index in [0.717, 1.165) is 16.4 Å². The van der Waals surface area contributed by atoms with Gasteiger partial charge in [-0.3, -0.25) is 9.89 Å². The van der Waals surface area contributed by atoms with Gasteiger partial charge in [0.1, 0.15) is 4.90 Å². The van der Waals surface area contributed by atoms with Crippen LogP contribution in [0.1, 0.15) is 5.69 Å². The molecule has 0 unspecified atom stereocenters. The highest BCUT2D eigenvalue weighted by atomic mass is 32.2. The predicted octanol–water partition coefficient (Wildman–Crippen LogP) is 2.91. The molecule has 3 nitrogen and oxygen atoms in total. The molecule has 0 bridgehead atoms. The van der Waals surface area contributed by atoms with Crippen LogP contribution in [0.15, 0.2) is 40.0 Å². The van der Waals surface area contributed by atoms with Crippen LogP contribution in [0.4, 0.5) is 13.2 Å². The van der Waals surface area contributed by atoms with E-state index in [9.17, 15) is 18.0 Å². The Bertz CT molecular complexity index is 601. The molecule has 2 aromatic rings. The number of nitrogens with zero attached hydrogens (tertiary/aromatic N) is 1. The van der Waals surface area contributed by atoms with Crippen molar-refractivity contribution in [1.82, 2.24) is 9.78 Å². The summed E-state index contributed by atoms with van der Waals surface area (Å²) < 4.78 is 39.1. The third-order valence-electron chi connectivity index (χ3n) is 2.35. The fourth-order valence-electron chi connectivity index (χ4n) is 1.56. The first kappa shape index (κ1) is 12.8. The van der Waals surface area contributed by atoms with E-state index in [2.05, 4.69) is 5.10 Å². The number of hydrogen-bond donors (Lipinski definition) is 1. The lowest BCUT2D eigenvalue weighted by atomic mass is 10.3. The maximum Gasteiger partial charge on any atom is 0.434 e. The van der Waals surface area contributed by atoms with Crippen LogP contribution in [0, 0.1) is 0 Å². The Hall–Kier alpha value is -1.63. The number of alkyl halides is 3. The second-order valence-electron chi connectivity index (χ2n) is 3.49. The first-order valence-electron chi connectivity index (χ1n) is 4.96. The zero-order chi connectivity index (χ0) is 13.3. The lowest BCUT2D eigenvalue weighted by Gasteiger charge is -2.04. The van der Waals surface area contributed by atoms with Crippen molar-refractivity contribution in [3.63, 3.8) is 0 Å². The van der Waals surface area contributed by atoms with Crippen molar-refractivity contribution in [3.05, 3.63) is 46.4 Å². The molecule has 1 N–H and O–H groups in total. The molecule has 0 atom stereocenters. The number of nitrogens with one attached hydrogen (secondary N) is 1. The molecular formula is C11H9F3N2OS. The van der Waals surface area contributed by atoms with Gasteiger partial charge in [-0.25, -0.2) is 4.68 Å². The largest absolute Gasteiger partial charge is 0.434 e. The van der Waals surface area contributed by atoms with Gasteiger partial charge < -0.3 is 0 Å². The molecule has 0 saturated carbocycles. The van der Waals surface area contributed by atoms with Crippen LogP contribution in [-0.4, -0.2) is 16.0 Å². The summed E-state index contributed by atoms with van der Waals surface area (Å²) in [6, 6.07) is 8.13. The molecule has 0 saturated heterocycles. The normalized spacial score (nSPS) is 11.8. The third-order valence-corrected chi connectivity index (χ3v) is 3.14. The molecule has 18 heavy (non-hydrogen) atoms. The van der Waals surface area contributed by atoms with E-state index in [1.165, 1.54) is 6.26 Å². The van der Waals surface area contributed by atoms with E-state index in [0.29, 0.717) is 5.69 Å². The Morgan fingerprint density at radius 2 is 1.83 bits per heavy atom. The van der Waals surface area contributed by atoms with E-state index in [-0.39, 0.29) is 4.90 Å². The Morgan fingerprint density at radius 3 is 2.28 bits per heavy atom. The van der Waals surface area contributed by atoms with Crippen molar-refractivity contribution in [3.8, 4) is 5.69 Å². The number of benzene rings is 1. The predicted molar refractivity (Wildman–Crippen MR) is 63.2 cm³/mol. The maximum absolute atomic E-state index is 12.7. The van der Waals surface area contributed by atoms with E-state index in [4.69, 9.17) is 0 Å². The molecule has 1 aromatic carbocycles. The molecule has 0 aliphatic heterocycles. The fourth-order valence-corrected chi connectivity index (χ4v) is 2.19. The van der Waals surface area contributed by atoms with Crippen LogP contribution in [-0.2, 0) is 6.18 Å². The molecule has 2 rings (SSSR count). The summed E-state index contributed by atoms with van der Waals surface area (Å²) in [7, 11) is 0. The molecule has 7 heteroatoms. The number of H-pyrrole nitrogens is 1. The van der Waals surface area contributed by atoms with Crippen LogP contribution in [0.3, 0.4) is 0 Å². The number of hydrogen-bond acceptors (Lipinski definition) is 2. The molecule has 0 spiro atoms. The minimum atomic E-state index is -4.57. The highest BCUT2D eigenvalue weighted by molar-refractivity contribution is 7.98. The smallest absolute Gasteiger partial charge is 0.285 e. The van der Waals surface area contributed by atoms with Gasteiger partial charge in [-0.1, -0.05) is 18.2 Å². The number of para-hydroxylation sites is 1. The van der Waals surface area contributed by atoms with Gasteiger partial charge in [-0.05, 0) is 18.4 Å². The second kappa shape index (κ2) is 4.56. The fraction of sp³-hybridized carbons (Fsp3) is 0.182. The van der Waals surface area contributed by atoms with Crippen molar-refractivity contribution in [1.29, 1.82) is 0 Å². The number of aromatic nitrogens is 2. The van der Waals surface area contributed by atoms with Crippen LogP contribution in [0.5, 0.6) is 0 Å². The van der Waals surface area contributed by atoms with Gasteiger partial charge in [0.15, 0.2) is 5.69 Å². The van der Waals surface area contributed by atoms with Crippen LogP contribution in [0.2, 0.25) is 0 Å². The van der Waals surface area contributed by atoms with Crippen LogP contribution in [0.25, 0.3) is 5.69 Å². The third kappa shape index (κ3) is 2.17. The van der Waals surface area contributed by atoms with Gasteiger partial charge in [0.05, 0.1) is 5.69 Å².